The van der Waals surface area contributed by atoms with Gasteiger partial charge in [0.1, 0.15) is 5.69 Å². The van der Waals surface area contributed by atoms with Crippen molar-refractivity contribution in [3.63, 3.8) is 0 Å². The average molecular weight is 522 g/mol. The zero-order valence-corrected chi connectivity index (χ0v) is 20.4. The molecule has 0 saturated carbocycles. The third-order valence-electron chi connectivity index (χ3n) is 5.16. The van der Waals surface area contributed by atoms with Crippen LogP contribution >= 0.6 is 45.9 Å². The van der Waals surface area contributed by atoms with Crippen molar-refractivity contribution < 1.29 is 0 Å². The van der Waals surface area contributed by atoms with E-state index in [2.05, 4.69) is 10.1 Å². The lowest BCUT2D eigenvalue weighted by atomic mass is 10.2. The largest absolute Gasteiger partial charge is 0.291 e. The molecule has 0 N–H and O–H groups in total. The lowest BCUT2D eigenvalue weighted by Crippen LogP contribution is -2.23. The molecule has 34 heavy (non-hydrogen) atoms. The fourth-order valence-electron chi connectivity index (χ4n) is 3.57. The van der Waals surface area contributed by atoms with Crippen LogP contribution < -0.4 is 10.1 Å². The third kappa shape index (κ3) is 3.74. The molecule has 0 saturated heterocycles. The molecule has 2 aromatic carbocycles. The maximum atomic E-state index is 13.2. The minimum absolute atomic E-state index is 0.242. The van der Waals surface area contributed by atoms with Gasteiger partial charge in [0.05, 0.1) is 20.1 Å². The second-order valence-corrected chi connectivity index (χ2v) is 10.2. The second-order valence-electron chi connectivity index (χ2n) is 7.36. The Morgan fingerprint density at radius 2 is 1.82 bits per heavy atom. The Kier molecular flexibility index (Phi) is 5.30. The van der Waals surface area contributed by atoms with Gasteiger partial charge in [0.2, 0.25) is 4.96 Å². The quantitative estimate of drug-likeness (QED) is 0.303. The predicted molar refractivity (Wildman–Crippen MR) is 138 cm³/mol. The Morgan fingerprint density at radius 3 is 2.56 bits per heavy atom. The molecule has 4 aromatic heterocycles. The molecule has 0 aliphatic heterocycles. The zero-order chi connectivity index (χ0) is 23.2. The van der Waals surface area contributed by atoms with Gasteiger partial charge in [0, 0.05) is 22.3 Å². The maximum absolute atomic E-state index is 13.2. The zero-order valence-electron chi connectivity index (χ0n) is 17.2. The van der Waals surface area contributed by atoms with Crippen LogP contribution in [0.3, 0.4) is 0 Å². The van der Waals surface area contributed by atoms with Gasteiger partial charge in [-0.15, -0.1) is 16.4 Å². The number of benzene rings is 2. The highest BCUT2D eigenvalue weighted by Crippen LogP contribution is 2.30. The number of fused-ring (bicyclic) bond motifs is 1. The van der Waals surface area contributed by atoms with E-state index in [-0.39, 0.29) is 5.56 Å². The van der Waals surface area contributed by atoms with E-state index >= 15 is 0 Å². The van der Waals surface area contributed by atoms with Gasteiger partial charge >= 0.3 is 0 Å². The molecule has 6 nitrogen and oxygen atoms in total. The van der Waals surface area contributed by atoms with E-state index in [1.165, 1.54) is 15.9 Å². The molecule has 0 aliphatic rings. The molecule has 0 fully saturated rings. The summed E-state index contributed by atoms with van der Waals surface area (Å²) < 4.78 is 3.65. The number of thiophene rings is 1. The van der Waals surface area contributed by atoms with Gasteiger partial charge in [-0.1, -0.05) is 58.8 Å². The Morgan fingerprint density at radius 1 is 0.971 bits per heavy atom. The van der Waals surface area contributed by atoms with Gasteiger partial charge in [-0.3, -0.25) is 4.79 Å². The molecule has 0 aliphatic carbocycles. The summed E-state index contributed by atoms with van der Waals surface area (Å²) in [5.74, 6) is 0.382. The van der Waals surface area contributed by atoms with Crippen molar-refractivity contribution in [2.24, 2.45) is 0 Å². The molecule has 0 amide bonds. The monoisotopic (exact) mass is 521 g/mol. The lowest BCUT2D eigenvalue weighted by Gasteiger charge is -1.99. The van der Waals surface area contributed by atoms with Crippen LogP contribution in [-0.4, -0.2) is 24.4 Å². The highest BCUT2D eigenvalue weighted by Gasteiger charge is 2.16. The highest BCUT2D eigenvalue weighted by molar-refractivity contribution is 7.15. The first-order valence-electron chi connectivity index (χ1n) is 10.1. The van der Waals surface area contributed by atoms with Crippen LogP contribution in [0.5, 0.6) is 0 Å². The van der Waals surface area contributed by atoms with Crippen LogP contribution in [0.2, 0.25) is 10.0 Å². The summed E-state index contributed by atoms with van der Waals surface area (Å²) in [6, 6.07) is 18.9. The van der Waals surface area contributed by atoms with Crippen molar-refractivity contribution in [1.29, 1.82) is 0 Å². The number of halogens is 2. The molecule has 166 valence electrons. The average Bonchev–Trinajstić information content (AvgIpc) is 3.61. The summed E-state index contributed by atoms with van der Waals surface area (Å²) in [4.78, 5) is 19.2. The lowest BCUT2D eigenvalue weighted by molar-refractivity contribution is 0.885. The van der Waals surface area contributed by atoms with E-state index in [1.54, 1.807) is 29.5 Å². The highest BCUT2D eigenvalue weighted by atomic mass is 35.5. The second kappa shape index (κ2) is 8.48. The summed E-state index contributed by atoms with van der Waals surface area (Å²) in [7, 11) is 0. The summed E-state index contributed by atoms with van der Waals surface area (Å²) in [6.45, 7) is 0. The SMILES string of the molecule is O=c1/c(=C\c2cn(-c3ccccc3)nc2-c2cccs2)sc2nc(-c3ccc(Cl)cc3Cl)nn12. The van der Waals surface area contributed by atoms with Gasteiger partial charge in [0.15, 0.2) is 5.82 Å². The van der Waals surface area contributed by atoms with Crippen molar-refractivity contribution >= 4 is 56.9 Å². The summed E-state index contributed by atoms with van der Waals surface area (Å²) in [5, 5.41) is 12.2. The van der Waals surface area contributed by atoms with E-state index in [0.717, 1.165) is 21.8 Å². The first-order valence-corrected chi connectivity index (χ1v) is 12.6. The van der Waals surface area contributed by atoms with E-state index in [0.29, 0.717) is 30.9 Å². The minimum Gasteiger partial charge on any atom is -0.266 e. The number of rotatable bonds is 4. The summed E-state index contributed by atoms with van der Waals surface area (Å²) >= 11 is 15.2. The molecule has 10 heteroatoms. The predicted octanol–water partition coefficient (Wildman–Crippen LogP) is 5.59. The van der Waals surface area contributed by atoms with Gasteiger partial charge < -0.3 is 0 Å². The fraction of sp³-hybridized carbons (Fsp3) is 0. The first-order chi connectivity index (χ1) is 16.6. The maximum Gasteiger partial charge on any atom is 0.291 e. The Labute approximate surface area is 211 Å². The molecule has 4 heterocycles. The Hall–Kier alpha value is -3.30. The van der Waals surface area contributed by atoms with Gasteiger partial charge in [-0.25, -0.2) is 4.68 Å². The van der Waals surface area contributed by atoms with Crippen LogP contribution in [0.4, 0.5) is 0 Å². The molecule has 0 atom stereocenters. The molecular weight excluding hydrogens is 509 g/mol. The third-order valence-corrected chi connectivity index (χ3v) is 7.54. The topological polar surface area (TPSA) is 65.1 Å². The van der Waals surface area contributed by atoms with Crippen LogP contribution in [0.15, 0.2) is 77.0 Å². The van der Waals surface area contributed by atoms with E-state index < -0.39 is 0 Å². The molecule has 6 aromatic rings. The van der Waals surface area contributed by atoms with Crippen molar-refractivity contribution in [3.8, 4) is 27.6 Å². The van der Waals surface area contributed by atoms with Crippen LogP contribution in [0.25, 0.3) is 38.7 Å². The smallest absolute Gasteiger partial charge is 0.266 e. The Balaban J connectivity index is 1.48. The van der Waals surface area contributed by atoms with Crippen molar-refractivity contribution in [2.75, 3.05) is 0 Å². The van der Waals surface area contributed by atoms with Gasteiger partial charge in [0.25, 0.3) is 5.56 Å². The van der Waals surface area contributed by atoms with E-state index in [1.807, 2.05) is 64.8 Å². The number of para-hydroxylation sites is 1. The van der Waals surface area contributed by atoms with Crippen molar-refractivity contribution in [1.82, 2.24) is 24.4 Å². The minimum atomic E-state index is -0.242. The number of hydrogen-bond donors (Lipinski definition) is 0. The van der Waals surface area contributed by atoms with Crippen LogP contribution in [0.1, 0.15) is 5.56 Å². The van der Waals surface area contributed by atoms with Gasteiger partial charge in [-0.05, 0) is 47.9 Å². The van der Waals surface area contributed by atoms with Crippen molar-refractivity contribution in [2.45, 2.75) is 0 Å². The van der Waals surface area contributed by atoms with E-state index in [4.69, 9.17) is 28.3 Å². The number of nitrogens with zero attached hydrogens (tertiary/aromatic N) is 5. The number of aromatic nitrogens is 5. The normalized spacial score (nSPS) is 12.1. The molecule has 0 unspecified atom stereocenters. The van der Waals surface area contributed by atoms with Crippen molar-refractivity contribution in [3.05, 3.63) is 103 Å². The standard InChI is InChI=1S/C24H13Cl2N5OS2/c25-15-8-9-17(18(26)12-15)22-27-24-31(29-22)23(32)20(34-24)11-14-13-30(16-5-2-1-3-6-16)28-21(14)19-7-4-10-33-19/h1-13H/b20-11+. The van der Waals surface area contributed by atoms with Crippen LogP contribution in [-0.2, 0) is 0 Å². The summed E-state index contributed by atoms with van der Waals surface area (Å²) in [6.07, 6.45) is 3.78. The number of hydrogen-bond acceptors (Lipinski definition) is 6. The number of thiazole rings is 1. The molecule has 0 spiro atoms. The summed E-state index contributed by atoms with van der Waals surface area (Å²) in [5.41, 5.74) is 2.97. The first kappa shape index (κ1) is 21.2. The molecule has 0 bridgehead atoms. The van der Waals surface area contributed by atoms with E-state index in [9.17, 15) is 4.79 Å². The van der Waals surface area contributed by atoms with Crippen LogP contribution in [0, 0.1) is 0 Å². The molecule has 6 rings (SSSR count). The molecule has 0 radical (unpaired) electrons. The molecular formula is C24H13Cl2N5OS2. The Bertz CT molecular complexity index is 1750. The fourth-order valence-corrected chi connectivity index (χ4v) is 5.69. The van der Waals surface area contributed by atoms with Gasteiger partial charge in [-0.2, -0.15) is 14.6 Å².